The first-order valence-electron chi connectivity index (χ1n) is 4.62. The molecule has 4 nitrogen and oxygen atoms in total. The zero-order valence-electron chi connectivity index (χ0n) is 7.77. The first-order chi connectivity index (χ1) is 6.38. The van der Waals surface area contributed by atoms with Gasteiger partial charge in [-0.2, -0.15) is 0 Å². The quantitative estimate of drug-likeness (QED) is 0.670. The van der Waals surface area contributed by atoms with E-state index in [1.165, 1.54) is 0 Å². The molecule has 0 bridgehead atoms. The molecule has 70 valence electrons. The lowest BCUT2D eigenvalue weighted by Crippen LogP contribution is -2.50. The van der Waals surface area contributed by atoms with Crippen molar-refractivity contribution in [1.29, 1.82) is 0 Å². The summed E-state index contributed by atoms with van der Waals surface area (Å²) >= 11 is 0. The van der Waals surface area contributed by atoms with Crippen LogP contribution in [-0.2, 0) is 0 Å². The molecule has 13 heavy (non-hydrogen) atoms. The summed E-state index contributed by atoms with van der Waals surface area (Å²) in [7, 11) is 0. The number of nitrogens with zero attached hydrogens (tertiary/aromatic N) is 3. The van der Waals surface area contributed by atoms with Crippen LogP contribution in [0.1, 0.15) is 6.92 Å². The minimum absolute atomic E-state index is 0.483. The fourth-order valence-corrected chi connectivity index (χ4v) is 1.58. The van der Waals surface area contributed by atoms with Gasteiger partial charge in [0.15, 0.2) is 0 Å². The summed E-state index contributed by atoms with van der Waals surface area (Å²) < 4.78 is 0. The second kappa shape index (κ2) is 3.70. The third kappa shape index (κ3) is 1.78. The molecule has 1 aromatic heterocycles. The molecule has 1 aromatic rings. The van der Waals surface area contributed by atoms with E-state index < -0.39 is 0 Å². The Labute approximate surface area is 78.0 Å². The van der Waals surface area contributed by atoms with Crippen LogP contribution in [0.4, 0.5) is 5.95 Å². The van der Waals surface area contributed by atoms with Crippen molar-refractivity contribution in [3.05, 3.63) is 18.5 Å². The first kappa shape index (κ1) is 8.44. The Kier molecular flexibility index (Phi) is 2.40. The number of hydrogen-bond acceptors (Lipinski definition) is 4. The van der Waals surface area contributed by atoms with Crippen LogP contribution in [-0.4, -0.2) is 35.6 Å². The molecule has 0 spiro atoms. The first-order valence-corrected chi connectivity index (χ1v) is 4.62. The molecule has 1 saturated heterocycles. The average molecular weight is 178 g/mol. The lowest BCUT2D eigenvalue weighted by molar-refractivity contribution is 0.493. The summed E-state index contributed by atoms with van der Waals surface area (Å²) in [5.74, 6) is 0.844. The number of piperazine rings is 1. The molecule has 1 unspecified atom stereocenters. The van der Waals surface area contributed by atoms with E-state index in [0.29, 0.717) is 6.04 Å². The number of aromatic nitrogens is 2. The number of hydrogen-bond donors (Lipinski definition) is 1. The molecule has 0 aromatic carbocycles. The molecule has 1 fully saturated rings. The smallest absolute Gasteiger partial charge is 0.225 e. The van der Waals surface area contributed by atoms with Gasteiger partial charge < -0.3 is 10.2 Å². The van der Waals surface area contributed by atoms with Gasteiger partial charge in [-0.1, -0.05) is 0 Å². The van der Waals surface area contributed by atoms with Crippen molar-refractivity contribution in [3.8, 4) is 0 Å². The minimum Gasteiger partial charge on any atom is -0.336 e. The molecule has 1 aliphatic heterocycles. The van der Waals surface area contributed by atoms with Crippen LogP contribution in [0.5, 0.6) is 0 Å². The van der Waals surface area contributed by atoms with Crippen molar-refractivity contribution in [2.24, 2.45) is 0 Å². The maximum atomic E-state index is 4.24. The standard InChI is InChI=1S/C9H14N4/c1-8-7-10-5-6-13(8)9-11-3-2-4-12-9/h2-4,8,10H,5-7H2,1H3. The molecule has 1 aliphatic rings. The molecule has 1 N–H and O–H groups in total. The molecular weight excluding hydrogens is 164 g/mol. The number of rotatable bonds is 1. The average Bonchev–Trinajstić information content (AvgIpc) is 2.20. The van der Waals surface area contributed by atoms with Crippen molar-refractivity contribution in [2.45, 2.75) is 13.0 Å². The Hall–Kier alpha value is -1.16. The Morgan fingerprint density at radius 2 is 2.23 bits per heavy atom. The summed E-state index contributed by atoms with van der Waals surface area (Å²) in [6, 6.07) is 2.33. The molecule has 4 heteroatoms. The normalized spacial score (nSPS) is 23.2. The van der Waals surface area contributed by atoms with Crippen LogP contribution in [0.3, 0.4) is 0 Å². The van der Waals surface area contributed by atoms with Crippen molar-refractivity contribution in [2.75, 3.05) is 24.5 Å². The van der Waals surface area contributed by atoms with Gasteiger partial charge in [0.2, 0.25) is 5.95 Å². The number of anilines is 1. The largest absolute Gasteiger partial charge is 0.336 e. The van der Waals surface area contributed by atoms with Crippen molar-refractivity contribution in [3.63, 3.8) is 0 Å². The highest BCUT2D eigenvalue weighted by atomic mass is 15.3. The van der Waals surface area contributed by atoms with Gasteiger partial charge in [-0.15, -0.1) is 0 Å². The summed E-state index contributed by atoms with van der Waals surface area (Å²) in [6.45, 7) is 5.20. The molecular formula is C9H14N4. The van der Waals surface area contributed by atoms with Crippen LogP contribution in [0.25, 0.3) is 0 Å². The molecule has 0 aliphatic carbocycles. The molecule has 0 saturated carbocycles. The summed E-state index contributed by atoms with van der Waals surface area (Å²) in [5, 5.41) is 3.34. The maximum absolute atomic E-state index is 4.24. The van der Waals surface area contributed by atoms with Gasteiger partial charge in [-0.3, -0.25) is 0 Å². The van der Waals surface area contributed by atoms with Crippen molar-refractivity contribution < 1.29 is 0 Å². The lowest BCUT2D eigenvalue weighted by Gasteiger charge is -2.33. The van der Waals surface area contributed by atoms with Crippen LogP contribution < -0.4 is 10.2 Å². The molecule has 1 atom stereocenters. The van der Waals surface area contributed by atoms with Gasteiger partial charge in [-0.25, -0.2) is 9.97 Å². The minimum atomic E-state index is 0.483. The lowest BCUT2D eigenvalue weighted by atomic mass is 10.2. The van der Waals surface area contributed by atoms with Crippen molar-refractivity contribution >= 4 is 5.95 Å². The van der Waals surface area contributed by atoms with Crippen molar-refractivity contribution in [1.82, 2.24) is 15.3 Å². The van der Waals surface area contributed by atoms with Gasteiger partial charge in [0.1, 0.15) is 0 Å². The second-order valence-electron chi connectivity index (χ2n) is 3.30. The van der Waals surface area contributed by atoms with E-state index in [1.54, 1.807) is 12.4 Å². The van der Waals surface area contributed by atoms with E-state index in [0.717, 1.165) is 25.6 Å². The predicted molar refractivity (Wildman–Crippen MR) is 51.7 cm³/mol. The van der Waals surface area contributed by atoms with Gasteiger partial charge in [-0.05, 0) is 13.0 Å². The fourth-order valence-electron chi connectivity index (χ4n) is 1.58. The summed E-state index contributed by atoms with van der Waals surface area (Å²) in [5.41, 5.74) is 0. The Balaban J connectivity index is 2.15. The SMILES string of the molecule is CC1CNCCN1c1ncccn1. The molecule has 0 amide bonds. The molecule has 0 radical (unpaired) electrons. The highest BCUT2D eigenvalue weighted by Gasteiger charge is 2.19. The summed E-state index contributed by atoms with van der Waals surface area (Å²) in [4.78, 5) is 10.7. The van der Waals surface area contributed by atoms with Crippen LogP contribution in [0.2, 0.25) is 0 Å². The third-order valence-corrected chi connectivity index (χ3v) is 2.31. The van der Waals surface area contributed by atoms with E-state index in [-0.39, 0.29) is 0 Å². The van der Waals surface area contributed by atoms with Gasteiger partial charge in [0.05, 0.1) is 0 Å². The maximum Gasteiger partial charge on any atom is 0.225 e. The topological polar surface area (TPSA) is 41.0 Å². The number of nitrogens with one attached hydrogen (secondary N) is 1. The Morgan fingerprint density at radius 1 is 1.46 bits per heavy atom. The Morgan fingerprint density at radius 3 is 2.92 bits per heavy atom. The molecule has 2 rings (SSSR count). The van der Waals surface area contributed by atoms with E-state index >= 15 is 0 Å². The van der Waals surface area contributed by atoms with E-state index in [9.17, 15) is 0 Å². The molecule has 2 heterocycles. The van der Waals surface area contributed by atoms with E-state index in [2.05, 4.69) is 27.1 Å². The predicted octanol–water partition coefficient (Wildman–Crippen LogP) is 0.275. The van der Waals surface area contributed by atoms with Crippen LogP contribution >= 0.6 is 0 Å². The van der Waals surface area contributed by atoms with Gasteiger partial charge in [0.25, 0.3) is 0 Å². The summed E-state index contributed by atoms with van der Waals surface area (Å²) in [6.07, 6.45) is 3.58. The zero-order chi connectivity index (χ0) is 9.10. The fraction of sp³-hybridized carbons (Fsp3) is 0.556. The van der Waals surface area contributed by atoms with E-state index in [1.807, 2.05) is 6.07 Å². The van der Waals surface area contributed by atoms with Gasteiger partial charge in [0, 0.05) is 38.1 Å². The highest BCUT2D eigenvalue weighted by molar-refractivity contribution is 5.31. The highest BCUT2D eigenvalue weighted by Crippen LogP contribution is 2.10. The van der Waals surface area contributed by atoms with Crippen LogP contribution in [0, 0.1) is 0 Å². The monoisotopic (exact) mass is 178 g/mol. The Bertz CT molecular complexity index is 262. The van der Waals surface area contributed by atoms with Crippen LogP contribution in [0.15, 0.2) is 18.5 Å². The van der Waals surface area contributed by atoms with Gasteiger partial charge >= 0.3 is 0 Å². The second-order valence-corrected chi connectivity index (χ2v) is 3.30. The van der Waals surface area contributed by atoms with E-state index in [4.69, 9.17) is 0 Å². The zero-order valence-corrected chi connectivity index (χ0v) is 7.77. The third-order valence-electron chi connectivity index (χ3n) is 2.31.